The second kappa shape index (κ2) is 3.46. The minimum Gasteiger partial charge on any atom is -0.465 e. The highest BCUT2D eigenvalue weighted by Crippen LogP contribution is 2.18. The lowest BCUT2D eigenvalue weighted by atomic mass is 9.96. The zero-order chi connectivity index (χ0) is 9.99. The first kappa shape index (κ1) is 11.5. The van der Waals surface area contributed by atoms with Gasteiger partial charge in [-0.1, -0.05) is 13.8 Å². The largest absolute Gasteiger partial charge is 0.465 e. The van der Waals surface area contributed by atoms with E-state index >= 15 is 0 Å². The summed E-state index contributed by atoms with van der Waals surface area (Å²) in [5, 5.41) is 0. The summed E-state index contributed by atoms with van der Waals surface area (Å²) in [5.41, 5.74) is -0.605. The highest BCUT2D eigenvalue weighted by Gasteiger charge is 2.24. The Morgan fingerprint density at radius 2 is 1.67 bits per heavy atom. The molecule has 0 amide bonds. The Bertz CT molecular complexity index is 158. The van der Waals surface area contributed by atoms with Gasteiger partial charge in [-0.3, -0.25) is 4.79 Å². The topological polar surface area (TPSA) is 26.3 Å². The molecule has 0 rings (SSSR count). The molecule has 0 spiro atoms. The quantitative estimate of drug-likeness (QED) is 0.596. The summed E-state index contributed by atoms with van der Waals surface area (Å²) in [5.74, 6) is -0.167. The van der Waals surface area contributed by atoms with Gasteiger partial charge in [-0.15, -0.1) is 0 Å². The summed E-state index contributed by atoms with van der Waals surface area (Å²) >= 11 is 0. The molecule has 0 aliphatic rings. The van der Waals surface area contributed by atoms with Gasteiger partial charge in [0.25, 0.3) is 0 Å². The molecule has 12 heavy (non-hydrogen) atoms. The molecular formula is C10H19O2. The van der Waals surface area contributed by atoms with Crippen LogP contribution in [0.1, 0.15) is 34.6 Å². The van der Waals surface area contributed by atoms with E-state index in [0.717, 1.165) is 0 Å². The fourth-order valence-electron chi connectivity index (χ4n) is 0.477. The molecule has 2 nitrogen and oxygen atoms in total. The van der Waals surface area contributed by atoms with Gasteiger partial charge in [-0.25, -0.2) is 0 Å². The van der Waals surface area contributed by atoms with Crippen molar-refractivity contribution in [1.82, 2.24) is 0 Å². The lowest BCUT2D eigenvalue weighted by molar-refractivity contribution is -0.155. The number of ether oxygens (including phenoxy) is 1. The van der Waals surface area contributed by atoms with Gasteiger partial charge in [0.2, 0.25) is 0 Å². The second-order valence-electron chi connectivity index (χ2n) is 4.99. The van der Waals surface area contributed by atoms with Crippen molar-refractivity contribution in [3.63, 3.8) is 0 Å². The van der Waals surface area contributed by atoms with Crippen LogP contribution in [0.5, 0.6) is 0 Å². The van der Waals surface area contributed by atoms with Gasteiger partial charge >= 0.3 is 5.97 Å². The van der Waals surface area contributed by atoms with E-state index in [1.807, 2.05) is 34.6 Å². The predicted molar refractivity (Wildman–Crippen MR) is 49.6 cm³/mol. The number of carbonyl (C=O) groups excluding carboxylic acids is 1. The molecular weight excluding hydrogens is 152 g/mol. The van der Waals surface area contributed by atoms with Crippen molar-refractivity contribution < 1.29 is 9.53 Å². The van der Waals surface area contributed by atoms with Crippen LogP contribution in [0.3, 0.4) is 0 Å². The molecule has 0 aromatic rings. The summed E-state index contributed by atoms with van der Waals surface area (Å²) in [6.07, 6.45) is 0. The maximum atomic E-state index is 11.3. The maximum Gasteiger partial charge on any atom is 0.311 e. The number of carbonyl (C=O) groups is 1. The van der Waals surface area contributed by atoms with Gasteiger partial charge < -0.3 is 4.74 Å². The lowest BCUT2D eigenvalue weighted by Crippen LogP contribution is -2.27. The third-order valence-electron chi connectivity index (χ3n) is 1.21. The first-order valence-corrected chi connectivity index (χ1v) is 4.15. The van der Waals surface area contributed by atoms with Crippen molar-refractivity contribution in [3.05, 3.63) is 6.92 Å². The second-order valence-corrected chi connectivity index (χ2v) is 4.99. The molecule has 0 aliphatic carbocycles. The number of esters is 1. The van der Waals surface area contributed by atoms with Crippen LogP contribution in [0.4, 0.5) is 0 Å². The summed E-state index contributed by atoms with van der Waals surface area (Å²) in [6, 6.07) is 0. The third kappa shape index (κ3) is 5.16. The predicted octanol–water partition coefficient (Wildman–Crippen LogP) is 2.44. The van der Waals surface area contributed by atoms with Crippen molar-refractivity contribution in [1.29, 1.82) is 0 Å². The summed E-state index contributed by atoms with van der Waals surface area (Å²) in [6.45, 7) is 13.6. The average Bonchev–Trinajstić information content (AvgIpc) is 1.78. The maximum absolute atomic E-state index is 11.3. The van der Waals surface area contributed by atoms with Gasteiger partial charge in [0.1, 0.15) is 0 Å². The lowest BCUT2D eigenvalue weighted by Gasteiger charge is -2.22. The van der Waals surface area contributed by atoms with Crippen LogP contribution in [0.2, 0.25) is 0 Å². The molecule has 71 valence electrons. The van der Waals surface area contributed by atoms with Crippen LogP contribution in [-0.2, 0) is 9.53 Å². The smallest absolute Gasteiger partial charge is 0.311 e. The standard InChI is InChI=1S/C10H19O2/c1-9(2,3)7-12-8(11)10(4,5)6/h1,7H2,2-6H3. The zero-order valence-electron chi connectivity index (χ0n) is 8.73. The fourth-order valence-corrected chi connectivity index (χ4v) is 0.477. The van der Waals surface area contributed by atoms with Crippen LogP contribution in [0, 0.1) is 17.8 Å². The van der Waals surface area contributed by atoms with Crippen LogP contribution in [0.15, 0.2) is 0 Å². The summed E-state index contributed by atoms with van der Waals surface area (Å²) in [4.78, 5) is 11.3. The van der Waals surface area contributed by atoms with E-state index in [1.54, 1.807) is 0 Å². The molecule has 0 saturated carbocycles. The van der Waals surface area contributed by atoms with E-state index in [1.165, 1.54) is 0 Å². The molecule has 0 aromatic carbocycles. The van der Waals surface area contributed by atoms with Gasteiger partial charge in [0.15, 0.2) is 0 Å². The summed E-state index contributed by atoms with van der Waals surface area (Å²) in [7, 11) is 0. The van der Waals surface area contributed by atoms with E-state index in [2.05, 4.69) is 6.92 Å². The Kier molecular flexibility index (Phi) is 3.31. The normalized spacial score (nSPS) is 12.8. The fraction of sp³-hybridized carbons (Fsp3) is 0.800. The van der Waals surface area contributed by atoms with Crippen LogP contribution in [-0.4, -0.2) is 12.6 Å². The van der Waals surface area contributed by atoms with Crippen LogP contribution < -0.4 is 0 Å². The molecule has 0 bridgehead atoms. The molecule has 0 fully saturated rings. The Morgan fingerprint density at radius 3 is 1.92 bits per heavy atom. The van der Waals surface area contributed by atoms with Gasteiger partial charge in [0, 0.05) is 0 Å². The Labute approximate surface area is 75.3 Å². The Balaban J connectivity index is 3.90. The third-order valence-corrected chi connectivity index (χ3v) is 1.21. The van der Waals surface area contributed by atoms with Crippen molar-refractivity contribution in [2.45, 2.75) is 34.6 Å². The van der Waals surface area contributed by atoms with Crippen LogP contribution in [0.25, 0.3) is 0 Å². The van der Waals surface area contributed by atoms with Crippen molar-refractivity contribution >= 4 is 5.97 Å². The minimum atomic E-state index is -0.411. The van der Waals surface area contributed by atoms with Crippen molar-refractivity contribution in [2.24, 2.45) is 10.8 Å². The van der Waals surface area contributed by atoms with Crippen LogP contribution >= 0.6 is 0 Å². The molecule has 0 unspecified atom stereocenters. The van der Waals surface area contributed by atoms with Gasteiger partial charge in [0.05, 0.1) is 12.0 Å². The Hall–Kier alpha value is -0.530. The van der Waals surface area contributed by atoms with E-state index in [9.17, 15) is 4.79 Å². The molecule has 0 N–H and O–H groups in total. The molecule has 0 aliphatic heterocycles. The SMILES string of the molecule is [CH2]C(C)(C)COC(=O)C(C)(C)C. The van der Waals surface area contributed by atoms with E-state index in [4.69, 9.17) is 4.74 Å². The molecule has 0 heterocycles. The molecule has 0 saturated heterocycles. The number of hydrogen-bond acceptors (Lipinski definition) is 2. The Morgan fingerprint density at radius 1 is 1.25 bits per heavy atom. The van der Waals surface area contributed by atoms with E-state index in [0.29, 0.717) is 6.61 Å². The van der Waals surface area contributed by atoms with Crippen molar-refractivity contribution in [2.75, 3.05) is 6.61 Å². The van der Waals surface area contributed by atoms with E-state index < -0.39 is 5.41 Å². The molecule has 0 atom stereocenters. The highest BCUT2D eigenvalue weighted by atomic mass is 16.5. The minimum absolute atomic E-state index is 0.167. The van der Waals surface area contributed by atoms with E-state index in [-0.39, 0.29) is 11.4 Å². The van der Waals surface area contributed by atoms with Gasteiger partial charge in [-0.2, -0.15) is 0 Å². The number of hydrogen-bond donors (Lipinski definition) is 0. The monoisotopic (exact) mass is 171 g/mol. The first-order valence-electron chi connectivity index (χ1n) is 4.15. The molecule has 0 aromatic heterocycles. The zero-order valence-corrected chi connectivity index (χ0v) is 8.73. The first-order chi connectivity index (χ1) is 5.13. The van der Waals surface area contributed by atoms with Crippen molar-refractivity contribution in [3.8, 4) is 0 Å². The molecule has 2 heteroatoms. The highest BCUT2D eigenvalue weighted by molar-refractivity contribution is 5.75. The molecule has 1 radical (unpaired) electrons. The average molecular weight is 171 g/mol. The van der Waals surface area contributed by atoms with Gasteiger partial charge in [-0.05, 0) is 33.1 Å². The number of rotatable bonds is 2. The summed E-state index contributed by atoms with van der Waals surface area (Å²) < 4.78 is 5.07.